The van der Waals surface area contributed by atoms with Crippen LogP contribution < -0.4 is 10.5 Å². The maximum Gasteiger partial charge on any atom is 0.339 e. The predicted molar refractivity (Wildman–Crippen MR) is 73.6 cm³/mol. The number of anilines is 1. The second-order valence-electron chi connectivity index (χ2n) is 4.02. The predicted octanol–water partition coefficient (Wildman–Crippen LogP) is 3.34. The number of carbonyl (C=O) groups is 1. The van der Waals surface area contributed by atoms with Crippen molar-refractivity contribution in [1.82, 2.24) is 0 Å². The summed E-state index contributed by atoms with van der Waals surface area (Å²) in [6.07, 6.45) is 0. The average molecular weight is 296 g/mol. The Morgan fingerprint density at radius 2 is 2.00 bits per heavy atom. The average Bonchev–Trinajstić information content (AvgIpc) is 2.39. The van der Waals surface area contributed by atoms with Crippen molar-refractivity contribution in [2.24, 2.45) is 0 Å². The number of ether oxygens (including phenoxy) is 1. The van der Waals surface area contributed by atoms with Crippen LogP contribution in [0.2, 0.25) is 5.02 Å². The molecule has 0 aliphatic rings. The number of carboxylic acid groups (broad SMARTS) is 1. The van der Waals surface area contributed by atoms with Crippen LogP contribution in [0.25, 0.3) is 0 Å². The summed E-state index contributed by atoms with van der Waals surface area (Å²) in [7, 11) is 0. The number of hydrogen-bond acceptors (Lipinski definition) is 3. The number of nitrogen functional groups attached to an aromatic ring is 1. The van der Waals surface area contributed by atoms with Crippen molar-refractivity contribution >= 4 is 23.3 Å². The van der Waals surface area contributed by atoms with Crippen LogP contribution in [0.15, 0.2) is 36.4 Å². The number of nitrogens with two attached hydrogens (primary N) is 1. The first-order chi connectivity index (χ1) is 9.50. The van der Waals surface area contributed by atoms with Crippen LogP contribution in [-0.4, -0.2) is 11.1 Å². The molecule has 0 unspecified atom stereocenters. The zero-order chi connectivity index (χ0) is 14.7. The van der Waals surface area contributed by atoms with E-state index in [2.05, 4.69) is 0 Å². The van der Waals surface area contributed by atoms with E-state index < -0.39 is 11.8 Å². The molecule has 0 spiro atoms. The Bertz CT molecular complexity index is 641. The molecule has 0 heterocycles. The van der Waals surface area contributed by atoms with E-state index in [0.29, 0.717) is 0 Å². The molecule has 0 radical (unpaired) electrons. The van der Waals surface area contributed by atoms with Crippen molar-refractivity contribution in [3.63, 3.8) is 0 Å². The van der Waals surface area contributed by atoms with Crippen LogP contribution in [-0.2, 0) is 6.61 Å². The van der Waals surface area contributed by atoms with E-state index in [1.165, 1.54) is 36.4 Å². The molecule has 0 aliphatic carbocycles. The lowest BCUT2D eigenvalue weighted by atomic mass is 10.1. The van der Waals surface area contributed by atoms with Gasteiger partial charge in [-0.2, -0.15) is 0 Å². The minimum atomic E-state index is -1.17. The molecule has 3 N–H and O–H groups in total. The molecule has 2 aromatic carbocycles. The molecule has 2 aromatic rings. The Hall–Kier alpha value is -2.27. The fraction of sp³-hybridized carbons (Fsp3) is 0.0714. The van der Waals surface area contributed by atoms with Gasteiger partial charge in [0.15, 0.2) is 5.75 Å². The Kier molecular flexibility index (Phi) is 4.10. The maximum atomic E-state index is 13.6. The summed E-state index contributed by atoms with van der Waals surface area (Å²) in [5, 5.41) is 9.27. The van der Waals surface area contributed by atoms with Gasteiger partial charge in [0.2, 0.25) is 0 Å². The fourth-order valence-corrected chi connectivity index (χ4v) is 1.92. The van der Waals surface area contributed by atoms with E-state index in [1.807, 2.05) is 0 Å². The highest BCUT2D eigenvalue weighted by molar-refractivity contribution is 6.31. The third kappa shape index (κ3) is 2.83. The van der Waals surface area contributed by atoms with Gasteiger partial charge in [-0.15, -0.1) is 0 Å². The lowest BCUT2D eigenvalue weighted by Gasteiger charge is -2.12. The quantitative estimate of drug-likeness (QED) is 0.849. The van der Waals surface area contributed by atoms with E-state index in [0.717, 1.165) is 0 Å². The topological polar surface area (TPSA) is 72.6 Å². The highest BCUT2D eigenvalue weighted by Crippen LogP contribution is 2.28. The van der Waals surface area contributed by atoms with Crippen molar-refractivity contribution in [3.8, 4) is 5.75 Å². The molecule has 6 heteroatoms. The van der Waals surface area contributed by atoms with Gasteiger partial charge in [0, 0.05) is 5.56 Å². The van der Waals surface area contributed by atoms with Crippen molar-refractivity contribution in [2.75, 3.05) is 5.73 Å². The summed E-state index contributed by atoms with van der Waals surface area (Å²) in [5.41, 5.74) is 5.91. The third-order valence-corrected chi connectivity index (χ3v) is 3.05. The highest BCUT2D eigenvalue weighted by Gasteiger charge is 2.15. The molecule has 20 heavy (non-hydrogen) atoms. The Balaban J connectivity index is 2.30. The molecule has 0 fully saturated rings. The molecule has 0 amide bonds. The van der Waals surface area contributed by atoms with Crippen molar-refractivity contribution in [2.45, 2.75) is 6.61 Å². The second kappa shape index (κ2) is 5.79. The molecular formula is C14H11ClFNO3. The maximum absolute atomic E-state index is 13.6. The van der Waals surface area contributed by atoms with Gasteiger partial charge < -0.3 is 15.6 Å². The summed E-state index contributed by atoms with van der Waals surface area (Å²) in [6.45, 7) is -0.208. The summed E-state index contributed by atoms with van der Waals surface area (Å²) in [6, 6.07) is 8.61. The molecule has 0 saturated carbocycles. The standard InChI is InChI=1S/C14H11ClFNO3/c15-10-4-2-5-11(16)9(10)7-20-13-8(14(18)19)3-1-6-12(13)17/h1-6H,7,17H2,(H,18,19). The van der Waals surface area contributed by atoms with Gasteiger partial charge in [-0.05, 0) is 24.3 Å². The van der Waals surface area contributed by atoms with Crippen LogP contribution in [0, 0.1) is 5.82 Å². The normalized spacial score (nSPS) is 10.3. The molecular weight excluding hydrogens is 285 g/mol. The minimum absolute atomic E-state index is 0.000630. The smallest absolute Gasteiger partial charge is 0.339 e. The molecule has 0 aliphatic heterocycles. The van der Waals surface area contributed by atoms with Crippen LogP contribution in [0.4, 0.5) is 10.1 Å². The zero-order valence-corrected chi connectivity index (χ0v) is 11.0. The first kappa shape index (κ1) is 14.1. The fourth-order valence-electron chi connectivity index (χ4n) is 1.70. The number of para-hydroxylation sites is 1. The molecule has 0 saturated heterocycles. The molecule has 2 rings (SSSR count). The van der Waals surface area contributed by atoms with Gasteiger partial charge in [0.05, 0.1) is 10.7 Å². The lowest BCUT2D eigenvalue weighted by molar-refractivity contribution is 0.0692. The molecule has 104 valence electrons. The summed E-state index contributed by atoms with van der Waals surface area (Å²) < 4.78 is 18.9. The van der Waals surface area contributed by atoms with Gasteiger partial charge in [0.1, 0.15) is 18.0 Å². The van der Waals surface area contributed by atoms with Crippen LogP contribution >= 0.6 is 11.6 Å². The second-order valence-corrected chi connectivity index (χ2v) is 4.43. The van der Waals surface area contributed by atoms with Crippen molar-refractivity contribution in [1.29, 1.82) is 0 Å². The number of hydrogen-bond donors (Lipinski definition) is 2. The van der Waals surface area contributed by atoms with E-state index >= 15 is 0 Å². The number of carboxylic acids is 1. The van der Waals surface area contributed by atoms with E-state index in [-0.39, 0.29) is 34.2 Å². The van der Waals surface area contributed by atoms with Crippen LogP contribution in [0.5, 0.6) is 5.75 Å². The first-order valence-corrected chi connectivity index (χ1v) is 6.06. The number of rotatable bonds is 4. The van der Waals surface area contributed by atoms with Crippen molar-refractivity contribution in [3.05, 3.63) is 58.4 Å². The summed E-state index contributed by atoms with van der Waals surface area (Å²) in [5.74, 6) is -1.70. The van der Waals surface area contributed by atoms with Crippen LogP contribution in [0.3, 0.4) is 0 Å². The SMILES string of the molecule is Nc1cccc(C(=O)O)c1OCc1c(F)cccc1Cl. The van der Waals surface area contributed by atoms with Gasteiger partial charge in [-0.1, -0.05) is 23.7 Å². The van der Waals surface area contributed by atoms with Gasteiger partial charge in [-0.25, -0.2) is 9.18 Å². The molecule has 0 aromatic heterocycles. The molecule has 4 nitrogen and oxygen atoms in total. The van der Waals surface area contributed by atoms with Gasteiger partial charge >= 0.3 is 5.97 Å². The monoisotopic (exact) mass is 295 g/mol. The number of benzene rings is 2. The lowest BCUT2D eigenvalue weighted by Crippen LogP contribution is -2.07. The molecule has 0 atom stereocenters. The zero-order valence-electron chi connectivity index (χ0n) is 10.3. The van der Waals surface area contributed by atoms with Crippen LogP contribution in [0.1, 0.15) is 15.9 Å². The summed E-state index contributed by atoms with van der Waals surface area (Å²) >= 11 is 5.87. The Morgan fingerprint density at radius 1 is 1.30 bits per heavy atom. The van der Waals surface area contributed by atoms with E-state index in [4.69, 9.17) is 27.2 Å². The van der Waals surface area contributed by atoms with E-state index in [9.17, 15) is 9.18 Å². The van der Waals surface area contributed by atoms with Gasteiger partial charge in [0.25, 0.3) is 0 Å². The Morgan fingerprint density at radius 3 is 2.65 bits per heavy atom. The van der Waals surface area contributed by atoms with E-state index in [1.54, 1.807) is 0 Å². The third-order valence-electron chi connectivity index (χ3n) is 2.70. The summed E-state index contributed by atoms with van der Waals surface area (Å²) in [4.78, 5) is 11.1. The Labute approximate surface area is 119 Å². The first-order valence-electron chi connectivity index (χ1n) is 5.68. The number of aromatic carboxylic acids is 1. The minimum Gasteiger partial charge on any atom is -0.486 e. The van der Waals surface area contributed by atoms with Gasteiger partial charge in [-0.3, -0.25) is 0 Å². The largest absolute Gasteiger partial charge is 0.486 e. The molecule has 0 bridgehead atoms. The highest BCUT2D eigenvalue weighted by atomic mass is 35.5. The van der Waals surface area contributed by atoms with Crippen molar-refractivity contribution < 1.29 is 19.0 Å². The number of halogens is 2.